The van der Waals surface area contributed by atoms with Gasteiger partial charge < -0.3 is 11.2 Å². The summed E-state index contributed by atoms with van der Waals surface area (Å²) in [4.78, 5) is 35.3. The first-order valence-corrected chi connectivity index (χ1v) is 9.40. The topological polar surface area (TPSA) is 126 Å². The van der Waals surface area contributed by atoms with Gasteiger partial charge in [-0.1, -0.05) is 24.3 Å². The number of nitrogens with zero attached hydrogens (tertiary/aromatic N) is 3. The maximum Gasteiger partial charge on any atom is 0.267 e. The Morgan fingerprint density at radius 3 is 2.73 bits per heavy atom. The van der Waals surface area contributed by atoms with Gasteiger partial charge in [0.1, 0.15) is 6.04 Å². The van der Waals surface area contributed by atoms with E-state index in [1.807, 2.05) is 0 Å². The van der Waals surface area contributed by atoms with E-state index < -0.39 is 29.3 Å². The van der Waals surface area contributed by atoms with Gasteiger partial charge in [-0.25, -0.2) is 13.8 Å². The number of ketones is 1. The van der Waals surface area contributed by atoms with Crippen molar-refractivity contribution in [1.82, 2.24) is 10.3 Å². The van der Waals surface area contributed by atoms with E-state index >= 15 is 0 Å². The standard InChI is InChI=1S/C20H24F2N6O2/c1-19(21,22)16-7-6-14(11-25-16)20(17(30)28(2)18(23)27-20)13-5-3-4-12(10-13)15(29)8-9-26-24/h3-6,8-9,11,13,16,26H,7,10,24H2,1-2H3,(H2,23,27). The first-order chi connectivity index (χ1) is 14.1. The summed E-state index contributed by atoms with van der Waals surface area (Å²) in [6.07, 6.45) is 10.7. The fourth-order valence-corrected chi connectivity index (χ4v) is 3.80. The number of nitrogens with two attached hydrogens (primary N) is 2. The van der Waals surface area contributed by atoms with Gasteiger partial charge in [0.15, 0.2) is 17.3 Å². The quantitative estimate of drug-likeness (QED) is 0.337. The van der Waals surface area contributed by atoms with E-state index in [9.17, 15) is 18.4 Å². The minimum atomic E-state index is -2.99. The Morgan fingerprint density at radius 2 is 2.20 bits per heavy atom. The molecule has 3 atom stereocenters. The summed E-state index contributed by atoms with van der Waals surface area (Å²) in [5.41, 5.74) is 7.58. The Morgan fingerprint density at radius 1 is 1.47 bits per heavy atom. The van der Waals surface area contributed by atoms with Gasteiger partial charge in [0, 0.05) is 49.5 Å². The van der Waals surface area contributed by atoms with Crippen LogP contribution in [0.3, 0.4) is 0 Å². The zero-order valence-electron chi connectivity index (χ0n) is 16.7. The number of amides is 1. The molecule has 0 spiro atoms. The highest BCUT2D eigenvalue weighted by Crippen LogP contribution is 2.42. The molecule has 2 aliphatic heterocycles. The second-order valence-electron chi connectivity index (χ2n) is 7.50. The van der Waals surface area contributed by atoms with Crippen molar-refractivity contribution < 1.29 is 18.4 Å². The predicted molar refractivity (Wildman–Crippen MR) is 110 cm³/mol. The number of hydrogen-bond acceptors (Lipinski definition) is 7. The van der Waals surface area contributed by atoms with E-state index in [0.717, 1.165) is 6.92 Å². The fourth-order valence-electron chi connectivity index (χ4n) is 3.80. The highest BCUT2D eigenvalue weighted by molar-refractivity contribution is 6.12. The summed E-state index contributed by atoms with van der Waals surface area (Å²) in [7, 11) is 1.50. The van der Waals surface area contributed by atoms with Crippen LogP contribution in [0.25, 0.3) is 0 Å². The average molecular weight is 418 g/mol. The number of hydrogen-bond donors (Lipinski definition) is 3. The SMILES string of the molecule is CN1C(=O)C(C2=CCC(C(C)(F)F)N=C2)(C2C=CC=C(C(=O)C=CNN)C2)N=C1N. The highest BCUT2D eigenvalue weighted by atomic mass is 19.3. The first-order valence-electron chi connectivity index (χ1n) is 9.40. The number of rotatable bonds is 6. The van der Waals surface area contributed by atoms with Crippen molar-refractivity contribution in [3.63, 3.8) is 0 Å². The van der Waals surface area contributed by atoms with E-state index in [1.165, 1.54) is 30.4 Å². The molecule has 2 heterocycles. The summed E-state index contributed by atoms with van der Waals surface area (Å²) in [6.45, 7) is 0.810. The maximum absolute atomic E-state index is 13.7. The van der Waals surface area contributed by atoms with E-state index in [2.05, 4.69) is 15.4 Å². The van der Waals surface area contributed by atoms with Gasteiger partial charge in [0.05, 0.1) is 0 Å². The monoisotopic (exact) mass is 418 g/mol. The van der Waals surface area contributed by atoms with E-state index in [-0.39, 0.29) is 24.6 Å². The Labute approximate surface area is 172 Å². The van der Waals surface area contributed by atoms with E-state index in [1.54, 1.807) is 24.3 Å². The molecule has 0 saturated carbocycles. The van der Waals surface area contributed by atoms with Crippen LogP contribution in [-0.2, 0) is 9.59 Å². The zero-order chi connectivity index (χ0) is 22.1. The molecule has 0 radical (unpaired) electrons. The molecule has 160 valence electrons. The molecule has 3 rings (SSSR count). The van der Waals surface area contributed by atoms with Crippen LogP contribution in [0.5, 0.6) is 0 Å². The molecule has 1 aliphatic carbocycles. The van der Waals surface area contributed by atoms with Gasteiger partial charge in [-0.2, -0.15) is 0 Å². The minimum Gasteiger partial charge on any atom is -0.369 e. The molecule has 0 aromatic rings. The third-order valence-corrected chi connectivity index (χ3v) is 5.51. The number of allylic oxidation sites excluding steroid dienone is 4. The molecule has 0 saturated heterocycles. The number of likely N-dealkylation sites (N-methyl/N-ethyl adjacent to an activating group) is 1. The van der Waals surface area contributed by atoms with Gasteiger partial charge in [-0.3, -0.25) is 25.3 Å². The van der Waals surface area contributed by atoms with E-state index in [0.29, 0.717) is 11.1 Å². The normalized spacial score (nSPS) is 29.2. The summed E-state index contributed by atoms with van der Waals surface area (Å²) >= 11 is 0. The highest BCUT2D eigenvalue weighted by Gasteiger charge is 2.54. The van der Waals surface area contributed by atoms with Crippen molar-refractivity contribution >= 4 is 23.9 Å². The number of alkyl halides is 2. The molecular weight excluding hydrogens is 394 g/mol. The number of aliphatic imine (C=N–C) groups is 2. The van der Waals surface area contributed by atoms with Crippen LogP contribution in [0.1, 0.15) is 19.8 Å². The lowest BCUT2D eigenvalue weighted by molar-refractivity contribution is -0.130. The van der Waals surface area contributed by atoms with E-state index in [4.69, 9.17) is 11.6 Å². The molecule has 8 nitrogen and oxygen atoms in total. The Bertz CT molecular complexity index is 928. The van der Waals surface area contributed by atoms with Crippen LogP contribution in [0.4, 0.5) is 8.78 Å². The van der Waals surface area contributed by atoms with Crippen LogP contribution in [0.15, 0.2) is 57.7 Å². The number of dihydropyridines is 1. The molecule has 0 aromatic heterocycles. The van der Waals surface area contributed by atoms with Crippen molar-refractivity contribution in [3.05, 3.63) is 47.7 Å². The third-order valence-electron chi connectivity index (χ3n) is 5.51. The van der Waals surface area contributed by atoms with Crippen LogP contribution in [-0.4, -0.2) is 53.3 Å². The molecule has 5 N–H and O–H groups in total. The summed E-state index contributed by atoms with van der Waals surface area (Å²) in [5, 5.41) is 0. The fraction of sp³-hybridized carbons (Fsp3) is 0.400. The molecule has 0 fully saturated rings. The molecule has 3 aliphatic rings. The summed E-state index contributed by atoms with van der Waals surface area (Å²) in [6, 6.07) is -1.21. The van der Waals surface area contributed by atoms with Gasteiger partial charge in [-0.15, -0.1) is 0 Å². The van der Waals surface area contributed by atoms with Crippen LogP contribution in [0.2, 0.25) is 0 Å². The van der Waals surface area contributed by atoms with Crippen molar-refractivity contribution in [2.75, 3.05) is 7.05 Å². The third kappa shape index (κ3) is 3.70. The molecular formula is C20H24F2N6O2. The number of nitrogens with one attached hydrogen (secondary N) is 1. The summed E-state index contributed by atoms with van der Waals surface area (Å²) < 4.78 is 27.3. The Balaban J connectivity index is 1.98. The Hall–Kier alpha value is -3.14. The zero-order valence-corrected chi connectivity index (χ0v) is 16.7. The molecule has 30 heavy (non-hydrogen) atoms. The smallest absolute Gasteiger partial charge is 0.267 e. The lowest BCUT2D eigenvalue weighted by atomic mass is 9.72. The van der Waals surface area contributed by atoms with Gasteiger partial charge >= 0.3 is 0 Å². The molecule has 0 aromatic carbocycles. The van der Waals surface area contributed by atoms with Gasteiger partial charge in [-0.05, 0) is 12.8 Å². The second-order valence-corrected chi connectivity index (χ2v) is 7.50. The molecule has 3 unspecified atom stereocenters. The van der Waals surface area contributed by atoms with Crippen molar-refractivity contribution in [1.29, 1.82) is 0 Å². The maximum atomic E-state index is 13.7. The largest absolute Gasteiger partial charge is 0.369 e. The molecule has 10 heteroatoms. The van der Waals surface area contributed by atoms with Gasteiger partial charge in [0.25, 0.3) is 11.8 Å². The second kappa shape index (κ2) is 7.94. The van der Waals surface area contributed by atoms with Crippen molar-refractivity contribution in [3.8, 4) is 0 Å². The Kier molecular flexibility index (Phi) is 5.71. The number of guanidine groups is 1. The summed E-state index contributed by atoms with van der Waals surface area (Å²) in [5.74, 6) is 0.969. The van der Waals surface area contributed by atoms with Crippen LogP contribution < -0.4 is 17.0 Å². The minimum absolute atomic E-state index is 0.0142. The number of carbonyl (C=O) groups excluding carboxylic acids is 2. The lowest BCUT2D eigenvalue weighted by Gasteiger charge is -2.35. The van der Waals surface area contributed by atoms with Crippen LogP contribution >= 0.6 is 0 Å². The molecule has 0 bridgehead atoms. The number of halogens is 2. The van der Waals surface area contributed by atoms with Gasteiger partial charge in [0.2, 0.25) is 0 Å². The van der Waals surface area contributed by atoms with Crippen LogP contribution in [0, 0.1) is 5.92 Å². The number of carbonyl (C=O) groups is 2. The molecule has 1 amide bonds. The predicted octanol–water partition coefficient (Wildman–Crippen LogP) is 0.985. The lowest BCUT2D eigenvalue weighted by Crippen LogP contribution is -2.49. The van der Waals surface area contributed by atoms with Crippen molar-refractivity contribution in [2.24, 2.45) is 27.5 Å². The average Bonchev–Trinajstić information content (AvgIpc) is 2.96. The number of hydrazine groups is 1. The first kappa shape index (κ1) is 21.6. The van der Waals surface area contributed by atoms with Crippen molar-refractivity contribution in [2.45, 2.75) is 37.3 Å².